The summed E-state index contributed by atoms with van der Waals surface area (Å²) in [4.78, 5) is 0. The summed E-state index contributed by atoms with van der Waals surface area (Å²) in [5.41, 5.74) is 1.26. The van der Waals surface area contributed by atoms with E-state index in [4.69, 9.17) is 0 Å². The molecule has 0 aliphatic carbocycles. The van der Waals surface area contributed by atoms with Crippen LogP contribution >= 0.6 is 12.6 Å². The largest absolute Gasteiger partial charge is 0.175 e. The fourth-order valence-corrected chi connectivity index (χ4v) is 3.79. The summed E-state index contributed by atoms with van der Waals surface area (Å²) in [6, 6.07) is 28.9. The second-order valence-electron chi connectivity index (χ2n) is 6.44. The first-order valence-corrected chi connectivity index (χ1v) is 8.83. The van der Waals surface area contributed by atoms with E-state index in [9.17, 15) is 0 Å². The lowest BCUT2D eigenvalue weighted by atomic mass is 9.97. The molecule has 0 aromatic heterocycles. The molecule has 0 saturated heterocycles. The van der Waals surface area contributed by atoms with Gasteiger partial charge in [0.1, 0.15) is 0 Å². The van der Waals surface area contributed by atoms with Crippen LogP contribution < -0.4 is 0 Å². The molecule has 0 bridgehead atoms. The van der Waals surface area contributed by atoms with Gasteiger partial charge in [0.25, 0.3) is 0 Å². The molecule has 0 radical (unpaired) electrons. The molecule has 0 spiro atoms. The second-order valence-corrected chi connectivity index (χ2v) is 6.75. The minimum absolute atomic E-state index is 0.775. The van der Waals surface area contributed by atoms with Gasteiger partial charge in [-0.25, -0.2) is 0 Å². The van der Waals surface area contributed by atoms with E-state index in [0.29, 0.717) is 0 Å². The van der Waals surface area contributed by atoms with Crippen LogP contribution in [0.2, 0.25) is 0 Å². The van der Waals surface area contributed by atoms with E-state index in [0.717, 1.165) is 5.75 Å². The van der Waals surface area contributed by atoms with Crippen LogP contribution in [0.25, 0.3) is 43.1 Å². The fraction of sp³-hybridized carbons (Fsp3) is 0.0435. The zero-order valence-electron chi connectivity index (χ0n) is 13.2. The Kier molecular flexibility index (Phi) is 3.04. The Labute approximate surface area is 146 Å². The van der Waals surface area contributed by atoms with Crippen molar-refractivity contribution in [1.29, 1.82) is 0 Å². The van der Waals surface area contributed by atoms with Crippen molar-refractivity contribution >= 4 is 55.7 Å². The van der Waals surface area contributed by atoms with E-state index in [1.54, 1.807) is 0 Å². The Morgan fingerprint density at radius 3 is 1.38 bits per heavy atom. The predicted molar refractivity (Wildman–Crippen MR) is 109 cm³/mol. The maximum absolute atomic E-state index is 4.39. The van der Waals surface area contributed by atoms with Crippen molar-refractivity contribution in [3.05, 3.63) is 84.4 Å². The van der Waals surface area contributed by atoms with E-state index < -0.39 is 0 Å². The van der Waals surface area contributed by atoms with Crippen LogP contribution in [0.3, 0.4) is 0 Å². The molecule has 0 heterocycles. The topological polar surface area (TPSA) is 0 Å². The zero-order chi connectivity index (χ0) is 16.1. The van der Waals surface area contributed by atoms with E-state index in [2.05, 4.69) is 91.5 Å². The molecular weight excluding hydrogens is 308 g/mol. The molecule has 24 heavy (non-hydrogen) atoms. The minimum atomic E-state index is 0.775. The zero-order valence-corrected chi connectivity index (χ0v) is 14.1. The highest BCUT2D eigenvalue weighted by molar-refractivity contribution is 7.79. The highest BCUT2D eigenvalue weighted by Crippen LogP contribution is 2.30. The van der Waals surface area contributed by atoms with Gasteiger partial charge < -0.3 is 0 Å². The van der Waals surface area contributed by atoms with Gasteiger partial charge in [0.15, 0.2) is 0 Å². The molecule has 0 aliphatic heterocycles. The van der Waals surface area contributed by atoms with Crippen molar-refractivity contribution < 1.29 is 0 Å². The summed E-state index contributed by atoms with van der Waals surface area (Å²) >= 11 is 4.39. The number of benzene rings is 5. The maximum atomic E-state index is 4.39. The lowest BCUT2D eigenvalue weighted by Gasteiger charge is -2.08. The quantitative estimate of drug-likeness (QED) is 0.256. The van der Waals surface area contributed by atoms with Crippen LogP contribution in [0, 0.1) is 0 Å². The number of hydrogen-bond donors (Lipinski definition) is 1. The van der Waals surface area contributed by atoms with Gasteiger partial charge in [0, 0.05) is 5.75 Å². The van der Waals surface area contributed by atoms with Gasteiger partial charge in [-0.3, -0.25) is 0 Å². The Morgan fingerprint density at radius 2 is 0.875 bits per heavy atom. The molecule has 5 aromatic rings. The lowest BCUT2D eigenvalue weighted by Crippen LogP contribution is -1.82. The molecule has 0 N–H and O–H groups in total. The summed E-state index contributed by atoms with van der Waals surface area (Å²) in [6.07, 6.45) is 0. The molecule has 1 heteroatoms. The third-order valence-electron chi connectivity index (χ3n) is 4.86. The number of rotatable bonds is 1. The Balaban J connectivity index is 1.86. The highest BCUT2D eigenvalue weighted by atomic mass is 32.1. The highest BCUT2D eigenvalue weighted by Gasteiger charge is 2.03. The van der Waals surface area contributed by atoms with Gasteiger partial charge in [-0.2, -0.15) is 12.6 Å². The molecule has 0 fully saturated rings. The van der Waals surface area contributed by atoms with E-state index in [-0.39, 0.29) is 0 Å². The molecule has 5 aromatic carbocycles. The molecule has 5 rings (SSSR count). The van der Waals surface area contributed by atoms with Gasteiger partial charge in [0.2, 0.25) is 0 Å². The van der Waals surface area contributed by atoms with Crippen LogP contribution in [0.1, 0.15) is 5.56 Å². The standard InChI is InChI=1S/C23H16S/c24-14-15-5-6-18-10-22-12-20-8-16-3-1-2-4-17(16)9-21(20)13-23(22)11-19(18)7-15/h1-13,24H,14H2. The first kappa shape index (κ1) is 13.9. The maximum Gasteiger partial charge on any atom is 0.0154 e. The summed E-state index contributed by atoms with van der Waals surface area (Å²) in [6.45, 7) is 0. The number of hydrogen-bond acceptors (Lipinski definition) is 1. The molecular formula is C23H16S. The summed E-state index contributed by atoms with van der Waals surface area (Å²) < 4.78 is 0. The molecule has 114 valence electrons. The third kappa shape index (κ3) is 2.16. The molecule has 0 saturated carbocycles. The summed E-state index contributed by atoms with van der Waals surface area (Å²) in [7, 11) is 0. The van der Waals surface area contributed by atoms with Crippen molar-refractivity contribution in [2.75, 3.05) is 0 Å². The molecule has 0 aliphatic rings. The van der Waals surface area contributed by atoms with Gasteiger partial charge in [-0.05, 0) is 85.1 Å². The molecule has 0 atom stereocenters. The van der Waals surface area contributed by atoms with Gasteiger partial charge in [-0.15, -0.1) is 0 Å². The van der Waals surface area contributed by atoms with E-state index in [1.165, 1.54) is 48.7 Å². The van der Waals surface area contributed by atoms with Crippen LogP contribution in [-0.2, 0) is 5.75 Å². The second kappa shape index (κ2) is 5.25. The predicted octanol–water partition coefficient (Wildman–Crippen LogP) is 6.73. The minimum Gasteiger partial charge on any atom is -0.175 e. The van der Waals surface area contributed by atoms with Crippen molar-refractivity contribution in [3.63, 3.8) is 0 Å². The smallest absolute Gasteiger partial charge is 0.0154 e. The number of fused-ring (bicyclic) bond motifs is 4. The first-order valence-electron chi connectivity index (χ1n) is 8.20. The Bertz CT molecular complexity index is 1230. The average molecular weight is 324 g/mol. The van der Waals surface area contributed by atoms with Crippen LogP contribution in [0.15, 0.2) is 78.9 Å². The number of thiol groups is 1. The van der Waals surface area contributed by atoms with E-state index >= 15 is 0 Å². The Hall–Kier alpha value is -2.51. The molecule has 0 unspecified atom stereocenters. The monoisotopic (exact) mass is 324 g/mol. The van der Waals surface area contributed by atoms with Crippen LogP contribution in [0.4, 0.5) is 0 Å². The van der Waals surface area contributed by atoms with Crippen LogP contribution in [0.5, 0.6) is 0 Å². The van der Waals surface area contributed by atoms with Gasteiger partial charge in [0.05, 0.1) is 0 Å². The molecule has 0 amide bonds. The summed E-state index contributed by atoms with van der Waals surface area (Å²) in [5.74, 6) is 0.775. The lowest BCUT2D eigenvalue weighted by molar-refractivity contribution is 1.46. The van der Waals surface area contributed by atoms with Crippen molar-refractivity contribution in [3.8, 4) is 0 Å². The van der Waals surface area contributed by atoms with E-state index in [1.807, 2.05) is 0 Å². The third-order valence-corrected chi connectivity index (χ3v) is 5.23. The van der Waals surface area contributed by atoms with Crippen molar-refractivity contribution in [2.24, 2.45) is 0 Å². The molecule has 0 nitrogen and oxygen atoms in total. The van der Waals surface area contributed by atoms with Crippen molar-refractivity contribution in [1.82, 2.24) is 0 Å². The Morgan fingerprint density at radius 1 is 0.458 bits per heavy atom. The fourth-order valence-electron chi connectivity index (χ4n) is 3.59. The van der Waals surface area contributed by atoms with Crippen molar-refractivity contribution in [2.45, 2.75) is 5.75 Å². The van der Waals surface area contributed by atoms with Crippen LogP contribution in [-0.4, -0.2) is 0 Å². The summed E-state index contributed by atoms with van der Waals surface area (Å²) in [5, 5.41) is 10.3. The average Bonchev–Trinajstić information content (AvgIpc) is 2.62. The normalized spacial score (nSPS) is 11.7. The SMILES string of the molecule is SCc1ccc2cc3cc4cc5ccccc5cc4cc3cc2c1. The van der Waals surface area contributed by atoms with Gasteiger partial charge >= 0.3 is 0 Å². The first-order chi connectivity index (χ1) is 11.8. The van der Waals surface area contributed by atoms with Gasteiger partial charge in [-0.1, -0.05) is 42.5 Å².